The first-order chi connectivity index (χ1) is 19.7. The van der Waals surface area contributed by atoms with E-state index in [1.807, 2.05) is 20.8 Å². The van der Waals surface area contributed by atoms with Crippen molar-refractivity contribution in [3.05, 3.63) is 0 Å². The molecule has 0 bridgehead atoms. The number of amides is 2. The van der Waals surface area contributed by atoms with Crippen LogP contribution in [0.2, 0.25) is 0 Å². The third-order valence-electron chi connectivity index (χ3n) is 4.76. The largest absolute Gasteiger partial charge is 0.481 e. The summed E-state index contributed by atoms with van der Waals surface area (Å²) in [6, 6.07) is 0. The van der Waals surface area contributed by atoms with Crippen LogP contribution in [0.15, 0.2) is 0 Å². The molecule has 0 aromatic carbocycles. The van der Waals surface area contributed by atoms with Gasteiger partial charge in [-0.1, -0.05) is 0 Å². The number of rotatable bonds is 29. The van der Waals surface area contributed by atoms with E-state index < -0.39 is 17.7 Å². The number of carboxylic acid groups (broad SMARTS) is 1. The molecule has 0 aliphatic heterocycles. The van der Waals surface area contributed by atoms with E-state index in [2.05, 4.69) is 10.6 Å². The number of carbonyl (C=O) groups excluding carboxylic acids is 2. The number of carboxylic acids is 1. The average molecular weight is 597 g/mol. The third kappa shape index (κ3) is 34.0. The highest BCUT2D eigenvalue weighted by Gasteiger charge is 2.15. The number of ether oxygens (including phenoxy) is 8. The van der Waals surface area contributed by atoms with Gasteiger partial charge in [0.1, 0.15) is 5.60 Å². The van der Waals surface area contributed by atoms with E-state index in [1.165, 1.54) is 0 Å². The molecule has 0 heterocycles. The molecule has 0 aromatic heterocycles. The number of hydrogen-bond donors (Lipinski definition) is 3. The Morgan fingerprint density at radius 3 is 1.24 bits per heavy atom. The van der Waals surface area contributed by atoms with Crippen LogP contribution < -0.4 is 10.6 Å². The Bertz CT molecular complexity index is 646. The molecular weight excluding hydrogens is 544 g/mol. The first-order valence-corrected chi connectivity index (χ1v) is 14.2. The van der Waals surface area contributed by atoms with Crippen molar-refractivity contribution >= 4 is 18.0 Å². The standard InChI is InChI=1S/C27H52N2O12/c1-27(2,3)41-26(33)29-9-11-35-13-15-37-17-19-39-21-23-40-22-20-38-18-16-36-14-12-34-10-8-28-24(30)6-4-5-7-25(31)32/h4-23H2,1-3H3,(H,28,30)(H,29,33)(H,31,32). The molecule has 14 heteroatoms. The maximum atomic E-state index is 11.6. The summed E-state index contributed by atoms with van der Waals surface area (Å²) in [5.74, 6) is -0.945. The Balaban J connectivity index is 3.17. The van der Waals surface area contributed by atoms with Crippen molar-refractivity contribution < 1.29 is 57.4 Å². The quantitative estimate of drug-likeness (QED) is 0.106. The molecule has 0 saturated heterocycles. The number of nitrogens with one attached hydrogen (secondary N) is 2. The maximum Gasteiger partial charge on any atom is 0.407 e. The fraction of sp³-hybridized carbons (Fsp3) is 0.889. The zero-order valence-corrected chi connectivity index (χ0v) is 25.1. The Kier molecular flexibility index (Phi) is 26.7. The highest BCUT2D eigenvalue weighted by atomic mass is 16.6. The maximum absolute atomic E-state index is 11.6. The first-order valence-electron chi connectivity index (χ1n) is 14.2. The lowest BCUT2D eigenvalue weighted by molar-refractivity contribution is -0.137. The van der Waals surface area contributed by atoms with E-state index >= 15 is 0 Å². The predicted octanol–water partition coefficient (Wildman–Crippen LogP) is 1.39. The predicted molar refractivity (Wildman–Crippen MR) is 149 cm³/mol. The molecule has 0 saturated carbocycles. The SMILES string of the molecule is CC(C)(C)OC(=O)NCCOCCOCCOCCOCCOCCOCCOCCNC(=O)CCCCC(=O)O. The second kappa shape index (κ2) is 28.1. The highest BCUT2D eigenvalue weighted by molar-refractivity contribution is 5.75. The fourth-order valence-electron chi connectivity index (χ4n) is 2.87. The molecule has 0 radical (unpaired) electrons. The van der Waals surface area contributed by atoms with Crippen molar-refractivity contribution in [2.45, 2.75) is 52.1 Å². The zero-order chi connectivity index (χ0) is 30.4. The van der Waals surface area contributed by atoms with E-state index in [-0.39, 0.29) is 12.3 Å². The summed E-state index contributed by atoms with van der Waals surface area (Å²) in [4.78, 5) is 33.4. The number of alkyl carbamates (subject to hydrolysis) is 1. The normalized spacial score (nSPS) is 11.4. The monoisotopic (exact) mass is 596 g/mol. The summed E-state index contributed by atoms with van der Waals surface area (Å²) in [7, 11) is 0. The Hall–Kier alpha value is -2.07. The fourth-order valence-corrected chi connectivity index (χ4v) is 2.87. The van der Waals surface area contributed by atoms with Crippen molar-refractivity contribution in [2.75, 3.05) is 106 Å². The van der Waals surface area contributed by atoms with Gasteiger partial charge in [0.15, 0.2) is 0 Å². The van der Waals surface area contributed by atoms with E-state index in [0.29, 0.717) is 125 Å². The minimum absolute atomic E-state index is 0.0859. The van der Waals surface area contributed by atoms with Crippen molar-refractivity contribution in [1.82, 2.24) is 10.6 Å². The number of aliphatic carboxylic acids is 1. The first kappa shape index (κ1) is 38.9. The van der Waals surface area contributed by atoms with Crippen molar-refractivity contribution in [2.24, 2.45) is 0 Å². The third-order valence-corrected chi connectivity index (χ3v) is 4.76. The summed E-state index contributed by atoms with van der Waals surface area (Å²) >= 11 is 0. The van der Waals surface area contributed by atoms with Crippen LogP contribution in [0.25, 0.3) is 0 Å². The van der Waals surface area contributed by atoms with Crippen LogP contribution in [-0.2, 0) is 47.5 Å². The lowest BCUT2D eigenvalue weighted by Crippen LogP contribution is -2.34. The summed E-state index contributed by atoms with van der Waals surface area (Å²) < 4.78 is 43.0. The second-order valence-electron chi connectivity index (χ2n) is 9.67. The molecule has 2 amide bonds. The van der Waals surface area contributed by atoms with Crippen LogP contribution in [-0.4, -0.2) is 134 Å². The van der Waals surface area contributed by atoms with Gasteiger partial charge in [-0.2, -0.15) is 0 Å². The molecule has 0 aliphatic rings. The van der Waals surface area contributed by atoms with Crippen LogP contribution >= 0.6 is 0 Å². The van der Waals surface area contributed by atoms with E-state index in [0.717, 1.165) is 0 Å². The molecule has 0 rings (SSSR count). The molecule has 0 aromatic rings. The topological polar surface area (TPSA) is 169 Å². The molecule has 41 heavy (non-hydrogen) atoms. The Morgan fingerprint density at radius 1 is 0.537 bits per heavy atom. The van der Waals surface area contributed by atoms with Gasteiger partial charge in [0.25, 0.3) is 0 Å². The minimum atomic E-state index is -0.845. The van der Waals surface area contributed by atoms with Gasteiger partial charge in [-0.25, -0.2) is 4.79 Å². The number of carbonyl (C=O) groups is 3. The lowest BCUT2D eigenvalue weighted by atomic mass is 10.2. The minimum Gasteiger partial charge on any atom is -0.481 e. The molecule has 0 unspecified atom stereocenters. The van der Waals surface area contributed by atoms with Crippen molar-refractivity contribution in [3.8, 4) is 0 Å². The van der Waals surface area contributed by atoms with E-state index in [1.54, 1.807) is 0 Å². The Labute approximate surface area is 244 Å². The zero-order valence-electron chi connectivity index (χ0n) is 25.1. The van der Waals surface area contributed by atoms with Crippen molar-refractivity contribution in [1.29, 1.82) is 0 Å². The number of unbranched alkanes of at least 4 members (excludes halogenated alkanes) is 1. The molecule has 0 atom stereocenters. The summed E-state index contributed by atoms with van der Waals surface area (Å²) in [5.41, 5.74) is -0.517. The van der Waals surface area contributed by atoms with Crippen LogP contribution in [0.4, 0.5) is 4.79 Å². The summed E-state index contributed by atoms with van der Waals surface area (Å²) in [6.45, 7) is 12.4. The van der Waals surface area contributed by atoms with Crippen LogP contribution in [0.1, 0.15) is 46.5 Å². The molecule has 0 fully saturated rings. The van der Waals surface area contributed by atoms with E-state index in [9.17, 15) is 14.4 Å². The Morgan fingerprint density at radius 2 is 0.878 bits per heavy atom. The van der Waals surface area contributed by atoms with Gasteiger partial charge in [0.2, 0.25) is 5.91 Å². The van der Waals surface area contributed by atoms with Crippen molar-refractivity contribution in [3.63, 3.8) is 0 Å². The van der Waals surface area contributed by atoms with Gasteiger partial charge in [-0.3, -0.25) is 9.59 Å². The summed E-state index contributed by atoms with van der Waals surface area (Å²) in [5, 5.41) is 13.9. The summed E-state index contributed by atoms with van der Waals surface area (Å²) in [6.07, 6.45) is 1.01. The van der Waals surface area contributed by atoms with E-state index in [4.69, 9.17) is 43.0 Å². The van der Waals surface area contributed by atoms with Crippen LogP contribution in [0.5, 0.6) is 0 Å². The van der Waals surface area contributed by atoms with Gasteiger partial charge < -0.3 is 53.6 Å². The highest BCUT2D eigenvalue weighted by Crippen LogP contribution is 2.06. The molecule has 14 nitrogen and oxygen atoms in total. The van der Waals surface area contributed by atoms with Crippen LogP contribution in [0.3, 0.4) is 0 Å². The van der Waals surface area contributed by atoms with Gasteiger partial charge in [0, 0.05) is 25.9 Å². The average Bonchev–Trinajstić information content (AvgIpc) is 2.90. The molecule has 3 N–H and O–H groups in total. The molecular formula is C27H52N2O12. The van der Waals surface area contributed by atoms with Gasteiger partial charge in [0.05, 0.1) is 92.5 Å². The molecule has 0 aliphatic carbocycles. The van der Waals surface area contributed by atoms with Gasteiger partial charge in [-0.05, 0) is 33.6 Å². The number of hydrogen-bond acceptors (Lipinski definition) is 11. The lowest BCUT2D eigenvalue weighted by Gasteiger charge is -2.19. The molecule has 0 spiro atoms. The van der Waals surface area contributed by atoms with Crippen LogP contribution in [0, 0.1) is 0 Å². The van der Waals surface area contributed by atoms with Gasteiger partial charge in [-0.15, -0.1) is 0 Å². The van der Waals surface area contributed by atoms with Gasteiger partial charge >= 0.3 is 12.1 Å². The smallest absolute Gasteiger partial charge is 0.407 e. The molecule has 242 valence electrons. The second-order valence-corrected chi connectivity index (χ2v) is 9.67.